The number of piperidine rings is 1. The average molecular weight is 477 g/mol. The third-order valence-corrected chi connectivity index (χ3v) is 8.19. The SMILES string of the molecule is CN(C(=O)c1ccsc1)[C@H](Cc1ccccc1)C1CCN(C(=O)c2n[nH]c3c2CCCC3)CC1. The summed E-state index contributed by atoms with van der Waals surface area (Å²) in [5.41, 5.74) is 4.88. The zero-order chi connectivity index (χ0) is 23.5. The Labute approximate surface area is 205 Å². The first-order chi connectivity index (χ1) is 16.6. The van der Waals surface area contributed by atoms with E-state index in [0.29, 0.717) is 24.7 Å². The number of thiophene rings is 1. The number of benzene rings is 1. The lowest BCUT2D eigenvalue weighted by Crippen LogP contribution is -2.48. The van der Waals surface area contributed by atoms with Gasteiger partial charge in [-0.25, -0.2) is 0 Å². The molecule has 6 nitrogen and oxygen atoms in total. The second kappa shape index (κ2) is 10.1. The molecule has 1 aliphatic carbocycles. The summed E-state index contributed by atoms with van der Waals surface area (Å²) >= 11 is 1.55. The molecule has 1 atom stereocenters. The molecule has 3 heterocycles. The van der Waals surface area contributed by atoms with Gasteiger partial charge in [-0.15, -0.1) is 0 Å². The minimum Gasteiger partial charge on any atom is -0.338 e. The maximum absolute atomic E-state index is 13.3. The summed E-state index contributed by atoms with van der Waals surface area (Å²) in [6, 6.07) is 12.4. The number of likely N-dealkylation sites (tertiary alicyclic amines) is 1. The van der Waals surface area contributed by atoms with Crippen molar-refractivity contribution in [1.82, 2.24) is 20.0 Å². The van der Waals surface area contributed by atoms with Gasteiger partial charge >= 0.3 is 0 Å². The van der Waals surface area contributed by atoms with Gasteiger partial charge in [-0.1, -0.05) is 30.3 Å². The minimum absolute atomic E-state index is 0.0557. The van der Waals surface area contributed by atoms with Crippen LogP contribution in [-0.2, 0) is 19.3 Å². The van der Waals surface area contributed by atoms with Crippen molar-refractivity contribution in [2.75, 3.05) is 20.1 Å². The lowest BCUT2D eigenvalue weighted by molar-refractivity contribution is 0.0519. The number of aromatic amines is 1. The number of H-pyrrole nitrogens is 1. The first-order valence-electron chi connectivity index (χ1n) is 12.3. The molecule has 1 N–H and O–H groups in total. The van der Waals surface area contributed by atoms with Crippen LogP contribution in [0.15, 0.2) is 47.2 Å². The topological polar surface area (TPSA) is 69.3 Å². The average Bonchev–Trinajstić information content (AvgIpc) is 3.57. The fraction of sp³-hybridized carbons (Fsp3) is 0.444. The van der Waals surface area contributed by atoms with E-state index < -0.39 is 0 Å². The van der Waals surface area contributed by atoms with Crippen LogP contribution in [0, 0.1) is 5.92 Å². The highest BCUT2D eigenvalue weighted by Crippen LogP contribution is 2.29. The molecule has 1 aromatic carbocycles. The van der Waals surface area contributed by atoms with Crippen LogP contribution in [0.3, 0.4) is 0 Å². The van der Waals surface area contributed by atoms with E-state index in [0.717, 1.165) is 61.8 Å². The summed E-state index contributed by atoms with van der Waals surface area (Å²) in [5, 5.41) is 11.4. The first kappa shape index (κ1) is 22.8. The number of hydrogen-bond acceptors (Lipinski definition) is 4. The molecule has 0 radical (unpaired) electrons. The van der Waals surface area contributed by atoms with Gasteiger partial charge in [-0.3, -0.25) is 14.7 Å². The summed E-state index contributed by atoms with van der Waals surface area (Å²) in [7, 11) is 1.93. The predicted octanol–water partition coefficient (Wildman–Crippen LogP) is 4.59. The number of nitrogens with one attached hydrogen (secondary N) is 1. The molecule has 0 saturated carbocycles. The number of fused-ring (bicyclic) bond motifs is 1. The molecule has 178 valence electrons. The Hall–Kier alpha value is -2.93. The van der Waals surface area contributed by atoms with Crippen LogP contribution in [-0.4, -0.2) is 58.0 Å². The van der Waals surface area contributed by atoms with Crippen LogP contribution >= 0.6 is 11.3 Å². The quantitative estimate of drug-likeness (QED) is 0.566. The van der Waals surface area contributed by atoms with E-state index in [1.807, 2.05) is 39.7 Å². The lowest BCUT2D eigenvalue weighted by Gasteiger charge is -2.40. The molecule has 0 spiro atoms. The van der Waals surface area contributed by atoms with Crippen molar-refractivity contribution in [3.05, 3.63) is 75.2 Å². The number of aromatic nitrogens is 2. The first-order valence-corrected chi connectivity index (χ1v) is 13.2. The summed E-state index contributed by atoms with van der Waals surface area (Å²) in [6.45, 7) is 1.41. The number of likely N-dealkylation sites (N-methyl/N-ethyl adjacent to an activating group) is 1. The molecule has 1 aliphatic heterocycles. The number of rotatable bonds is 6. The third kappa shape index (κ3) is 4.67. The van der Waals surface area contributed by atoms with Crippen LogP contribution in [0.2, 0.25) is 0 Å². The number of carbonyl (C=O) groups excluding carboxylic acids is 2. The van der Waals surface area contributed by atoms with Gasteiger partial charge in [-0.05, 0) is 67.9 Å². The maximum atomic E-state index is 13.3. The second-order valence-electron chi connectivity index (χ2n) is 9.55. The Kier molecular flexibility index (Phi) is 6.81. The summed E-state index contributed by atoms with van der Waals surface area (Å²) in [6.07, 6.45) is 6.81. The van der Waals surface area contributed by atoms with E-state index in [1.165, 1.54) is 5.56 Å². The lowest BCUT2D eigenvalue weighted by atomic mass is 9.84. The Balaban J connectivity index is 1.29. The van der Waals surface area contributed by atoms with Gasteiger partial charge in [-0.2, -0.15) is 16.4 Å². The van der Waals surface area contributed by atoms with E-state index >= 15 is 0 Å². The zero-order valence-corrected chi connectivity index (χ0v) is 20.5. The van der Waals surface area contributed by atoms with Gasteiger partial charge in [0.2, 0.25) is 0 Å². The van der Waals surface area contributed by atoms with Gasteiger partial charge in [0.05, 0.1) is 5.56 Å². The van der Waals surface area contributed by atoms with Crippen LogP contribution in [0.1, 0.15) is 63.4 Å². The molecule has 5 rings (SSSR count). The van der Waals surface area contributed by atoms with Crippen molar-refractivity contribution in [1.29, 1.82) is 0 Å². The Bertz CT molecular complexity index is 1120. The smallest absolute Gasteiger partial charge is 0.274 e. The second-order valence-corrected chi connectivity index (χ2v) is 10.3. The highest BCUT2D eigenvalue weighted by atomic mass is 32.1. The number of amides is 2. The fourth-order valence-electron chi connectivity index (χ4n) is 5.51. The van der Waals surface area contributed by atoms with Crippen LogP contribution in [0.4, 0.5) is 0 Å². The molecule has 1 fully saturated rings. The number of nitrogens with zero attached hydrogens (tertiary/aromatic N) is 3. The third-order valence-electron chi connectivity index (χ3n) is 7.50. The van der Waals surface area contributed by atoms with Crippen molar-refractivity contribution < 1.29 is 9.59 Å². The van der Waals surface area contributed by atoms with Gasteiger partial charge in [0.25, 0.3) is 11.8 Å². The van der Waals surface area contributed by atoms with Crippen molar-refractivity contribution in [2.45, 2.75) is 51.0 Å². The standard InChI is InChI=1S/C27H32N4O2S/c1-30(26(32)21-13-16-34-18-21)24(17-19-7-3-2-4-8-19)20-11-14-31(15-12-20)27(33)25-22-9-5-6-10-23(22)28-29-25/h2-4,7-8,13,16,18,20,24H,5-6,9-12,14-15,17H2,1H3,(H,28,29)/t24-/m1/s1. The molecule has 7 heteroatoms. The molecule has 34 heavy (non-hydrogen) atoms. The summed E-state index contributed by atoms with van der Waals surface area (Å²) in [4.78, 5) is 30.4. The fourth-order valence-corrected chi connectivity index (χ4v) is 6.14. The normalized spacial score (nSPS) is 17.3. The number of aryl methyl sites for hydroxylation is 1. The molecule has 0 bridgehead atoms. The predicted molar refractivity (Wildman–Crippen MR) is 134 cm³/mol. The van der Waals surface area contributed by atoms with Crippen molar-refractivity contribution in [3.63, 3.8) is 0 Å². The summed E-state index contributed by atoms with van der Waals surface area (Å²) in [5.74, 6) is 0.467. The molecular formula is C27H32N4O2S. The largest absolute Gasteiger partial charge is 0.338 e. The molecular weight excluding hydrogens is 444 g/mol. The van der Waals surface area contributed by atoms with Crippen LogP contribution < -0.4 is 0 Å². The Morgan fingerprint density at radius 3 is 2.65 bits per heavy atom. The highest BCUT2D eigenvalue weighted by Gasteiger charge is 2.34. The summed E-state index contributed by atoms with van der Waals surface area (Å²) < 4.78 is 0. The van der Waals surface area contributed by atoms with Crippen molar-refractivity contribution in [2.24, 2.45) is 5.92 Å². The van der Waals surface area contributed by atoms with E-state index in [4.69, 9.17) is 0 Å². The maximum Gasteiger partial charge on any atom is 0.274 e. The molecule has 1 saturated heterocycles. The van der Waals surface area contributed by atoms with Gasteiger partial charge < -0.3 is 9.80 Å². The van der Waals surface area contributed by atoms with Gasteiger partial charge in [0.15, 0.2) is 5.69 Å². The van der Waals surface area contributed by atoms with Gasteiger partial charge in [0, 0.05) is 42.8 Å². The zero-order valence-electron chi connectivity index (χ0n) is 19.7. The minimum atomic E-state index is 0.0557. The number of hydrogen-bond donors (Lipinski definition) is 1. The number of carbonyl (C=O) groups is 2. The molecule has 2 aliphatic rings. The van der Waals surface area contributed by atoms with Gasteiger partial charge in [0.1, 0.15) is 0 Å². The van der Waals surface area contributed by atoms with Crippen molar-refractivity contribution in [3.8, 4) is 0 Å². The van der Waals surface area contributed by atoms with E-state index in [2.05, 4.69) is 34.5 Å². The highest BCUT2D eigenvalue weighted by molar-refractivity contribution is 7.08. The molecule has 2 amide bonds. The Morgan fingerprint density at radius 2 is 1.91 bits per heavy atom. The van der Waals surface area contributed by atoms with E-state index in [-0.39, 0.29) is 17.9 Å². The van der Waals surface area contributed by atoms with Crippen molar-refractivity contribution >= 4 is 23.2 Å². The van der Waals surface area contributed by atoms with E-state index in [9.17, 15) is 9.59 Å². The molecule has 0 unspecified atom stereocenters. The molecule has 2 aromatic heterocycles. The molecule has 3 aromatic rings. The Morgan fingerprint density at radius 1 is 1.15 bits per heavy atom. The van der Waals surface area contributed by atoms with Crippen LogP contribution in [0.25, 0.3) is 0 Å². The van der Waals surface area contributed by atoms with E-state index in [1.54, 1.807) is 11.3 Å². The van der Waals surface area contributed by atoms with Crippen LogP contribution in [0.5, 0.6) is 0 Å². The monoisotopic (exact) mass is 476 g/mol.